The van der Waals surface area contributed by atoms with Gasteiger partial charge in [-0.3, -0.25) is 0 Å². The van der Waals surface area contributed by atoms with Crippen LogP contribution in [0.25, 0.3) is 16.9 Å². The van der Waals surface area contributed by atoms with E-state index in [0.29, 0.717) is 11.3 Å². The van der Waals surface area contributed by atoms with Crippen molar-refractivity contribution in [2.24, 2.45) is 0 Å². The molecule has 3 aromatic rings. The van der Waals surface area contributed by atoms with Crippen molar-refractivity contribution in [1.29, 1.82) is 0 Å². The van der Waals surface area contributed by atoms with E-state index >= 15 is 0 Å². The van der Waals surface area contributed by atoms with Crippen LogP contribution in [0.2, 0.25) is 0 Å². The minimum atomic E-state index is -0.333. The maximum atomic E-state index is 13.6. The van der Waals surface area contributed by atoms with Gasteiger partial charge in [-0.25, -0.2) is 9.07 Å². The third-order valence-corrected chi connectivity index (χ3v) is 2.76. The Morgan fingerprint density at radius 1 is 1.00 bits per heavy atom. The number of rotatable bonds is 2. The summed E-state index contributed by atoms with van der Waals surface area (Å²) in [5.41, 5.74) is 1.62. The van der Waals surface area contributed by atoms with Crippen LogP contribution >= 0.6 is 0 Å². The van der Waals surface area contributed by atoms with Gasteiger partial charge in [0.25, 0.3) is 0 Å². The lowest BCUT2D eigenvalue weighted by Gasteiger charge is -1.99. The van der Waals surface area contributed by atoms with Crippen LogP contribution in [-0.2, 0) is 0 Å². The first-order chi connectivity index (χ1) is 9.24. The van der Waals surface area contributed by atoms with E-state index in [1.165, 1.54) is 10.7 Å². The summed E-state index contributed by atoms with van der Waals surface area (Å²) in [6, 6.07) is 12.9. The fourth-order valence-electron chi connectivity index (χ4n) is 1.79. The fourth-order valence-corrected chi connectivity index (χ4v) is 1.79. The average molecular weight is 255 g/mol. The second-order valence-corrected chi connectivity index (χ2v) is 4.04. The molecule has 1 N–H and O–H groups in total. The Labute approximate surface area is 108 Å². The molecule has 94 valence electrons. The molecule has 3 rings (SSSR count). The Balaban J connectivity index is 2.00. The summed E-state index contributed by atoms with van der Waals surface area (Å²) < 4.78 is 15.2. The van der Waals surface area contributed by atoms with Crippen LogP contribution in [0.1, 0.15) is 0 Å². The van der Waals surface area contributed by atoms with Crippen molar-refractivity contribution in [3.63, 3.8) is 0 Å². The number of benzene rings is 2. The SMILES string of the molecule is Oc1ccc(-n2cc(-c3ccccc3F)nn2)cc1. The van der Waals surface area contributed by atoms with Crippen LogP contribution in [-0.4, -0.2) is 20.1 Å². The van der Waals surface area contributed by atoms with Crippen LogP contribution in [0.15, 0.2) is 54.7 Å². The molecule has 0 saturated carbocycles. The van der Waals surface area contributed by atoms with Gasteiger partial charge in [0.05, 0.1) is 11.9 Å². The molecule has 5 heteroatoms. The van der Waals surface area contributed by atoms with Gasteiger partial charge >= 0.3 is 0 Å². The molecular formula is C14H10FN3O. The lowest BCUT2D eigenvalue weighted by molar-refractivity contribution is 0.475. The van der Waals surface area contributed by atoms with E-state index in [1.807, 2.05) is 0 Å². The number of aromatic nitrogens is 3. The largest absolute Gasteiger partial charge is 0.508 e. The summed E-state index contributed by atoms with van der Waals surface area (Å²) in [6.45, 7) is 0. The van der Waals surface area contributed by atoms with Gasteiger partial charge in [-0.05, 0) is 36.4 Å². The first kappa shape index (κ1) is 11.4. The molecule has 4 nitrogen and oxygen atoms in total. The van der Waals surface area contributed by atoms with Crippen LogP contribution in [0, 0.1) is 5.82 Å². The topological polar surface area (TPSA) is 50.9 Å². The molecule has 1 heterocycles. The van der Waals surface area contributed by atoms with E-state index in [1.54, 1.807) is 48.7 Å². The zero-order valence-corrected chi connectivity index (χ0v) is 9.86. The normalized spacial score (nSPS) is 10.6. The predicted molar refractivity (Wildman–Crippen MR) is 68.4 cm³/mol. The van der Waals surface area contributed by atoms with E-state index in [4.69, 9.17) is 0 Å². The molecule has 0 saturated heterocycles. The Hall–Kier alpha value is -2.69. The van der Waals surface area contributed by atoms with Gasteiger partial charge in [-0.15, -0.1) is 5.10 Å². The fraction of sp³-hybridized carbons (Fsp3) is 0. The Morgan fingerprint density at radius 3 is 2.47 bits per heavy atom. The van der Waals surface area contributed by atoms with Crippen LogP contribution in [0.5, 0.6) is 5.75 Å². The van der Waals surface area contributed by atoms with E-state index < -0.39 is 0 Å². The van der Waals surface area contributed by atoms with E-state index in [-0.39, 0.29) is 11.6 Å². The van der Waals surface area contributed by atoms with Crippen molar-refractivity contribution < 1.29 is 9.50 Å². The number of halogens is 1. The second kappa shape index (κ2) is 4.53. The van der Waals surface area contributed by atoms with Gasteiger partial charge in [-0.2, -0.15) is 0 Å². The van der Waals surface area contributed by atoms with Crippen molar-refractivity contribution in [3.8, 4) is 22.7 Å². The van der Waals surface area contributed by atoms with E-state index in [2.05, 4.69) is 10.3 Å². The van der Waals surface area contributed by atoms with Crippen LogP contribution in [0.4, 0.5) is 4.39 Å². The Morgan fingerprint density at radius 2 is 1.74 bits per heavy atom. The summed E-state index contributed by atoms with van der Waals surface area (Å²) in [4.78, 5) is 0. The number of nitrogens with zero attached hydrogens (tertiary/aromatic N) is 3. The maximum absolute atomic E-state index is 13.6. The molecule has 0 spiro atoms. The first-order valence-corrected chi connectivity index (χ1v) is 5.71. The molecule has 0 aliphatic heterocycles. The molecule has 1 aromatic heterocycles. The van der Waals surface area contributed by atoms with Crippen molar-refractivity contribution in [2.75, 3.05) is 0 Å². The number of hydrogen-bond donors (Lipinski definition) is 1. The molecule has 0 aliphatic rings. The van der Waals surface area contributed by atoms with Gasteiger partial charge in [0.1, 0.15) is 17.3 Å². The van der Waals surface area contributed by atoms with Crippen molar-refractivity contribution in [3.05, 3.63) is 60.5 Å². The monoisotopic (exact) mass is 255 g/mol. The van der Waals surface area contributed by atoms with Gasteiger partial charge in [0, 0.05) is 5.56 Å². The van der Waals surface area contributed by atoms with Gasteiger partial charge < -0.3 is 5.11 Å². The van der Waals surface area contributed by atoms with Crippen molar-refractivity contribution in [1.82, 2.24) is 15.0 Å². The standard InChI is InChI=1S/C14H10FN3O/c15-13-4-2-1-3-12(13)14-9-18(17-16-14)10-5-7-11(19)8-6-10/h1-9,19H. The third kappa shape index (κ3) is 2.18. The summed E-state index contributed by atoms with van der Waals surface area (Å²) in [5.74, 6) is -0.154. The maximum Gasteiger partial charge on any atom is 0.132 e. The van der Waals surface area contributed by atoms with Gasteiger partial charge in [-0.1, -0.05) is 17.3 Å². The molecule has 0 unspecified atom stereocenters. The number of hydrogen-bond acceptors (Lipinski definition) is 3. The van der Waals surface area contributed by atoms with Crippen LogP contribution < -0.4 is 0 Å². The highest BCUT2D eigenvalue weighted by molar-refractivity contribution is 5.58. The quantitative estimate of drug-likeness (QED) is 0.766. The molecular weight excluding hydrogens is 245 g/mol. The molecule has 0 radical (unpaired) electrons. The summed E-state index contributed by atoms with van der Waals surface area (Å²) in [5, 5.41) is 17.1. The van der Waals surface area contributed by atoms with Crippen LogP contribution in [0.3, 0.4) is 0 Å². The van der Waals surface area contributed by atoms with E-state index in [0.717, 1.165) is 5.69 Å². The minimum absolute atomic E-state index is 0.179. The number of aromatic hydroxyl groups is 1. The lowest BCUT2D eigenvalue weighted by atomic mass is 10.1. The third-order valence-electron chi connectivity index (χ3n) is 2.76. The Kier molecular flexibility index (Phi) is 2.72. The molecule has 0 aliphatic carbocycles. The van der Waals surface area contributed by atoms with Crippen molar-refractivity contribution >= 4 is 0 Å². The summed E-state index contributed by atoms with van der Waals surface area (Å²) in [7, 11) is 0. The zero-order valence-electron chi connectivity index (χ0n) is 9.86. The number of phenolic OH excluding ortho intramolecular Hbond substituents is 1. The first-order valence-electron chi connectivity index (χ1n) is 5.71. The van der Waals surface area contributed by atoms with Gasteiger partial charge in [0.2, 0.25) is 0 Å². The smallest absolute Gasteiger partial charge is 0.132 e. The molecule has 0 fully saturated rings. The molecule has 0 atom stereocenters. The summed E-state index contributed by atoms with van der Waals surface area (Å²) >= 11 is 0. The minimum Gasteiger partial charge on any atom is -0.508 e. The lowest BCUT2D eigenvalue weighted by Crippen LogP contribution is -1.93. The Bertz CT molecular complexity index is 707. The second-order valence-electron chi connectivity index (χ2n) is 4.04. The molecule has 19 heavy (non-hydrogen) atoms. The molecule has 0 amide bonds. The predicted octanol–water partition coefficient (Wildman–Crippen LogP) is 2.78. The highest BCUT2D eigenvalue weighted by atomic mass is 19.1. The zero-order chi connectivity index (χ0) is 13.2. The highest BCUT2D eigenvalue weighted by Crippen LogP contribution is 2.21. The summed E-state index contributed by atoms with van der Waals surface area (Å²) in [6.07, 6.45) is 1.64. The van der Waals surface area contributed by atoms with E-state index in [9.17, 15) is 9.50 Å². The van der Waals surface area contributed by atoms with Crippen molar-refractivity contribution in [2.45, 2.75) is 0 Å². The average Bonchev–Trinajstić information content (AvgIpc) is 2.89. The number of phenols is 1. The van der Waals surface area contributed by atoms with Gasteiger partial charge in [0.15, 0.2) is 0 Å². The molecule has 0 bridgehead atoms. The highest BCUT2D eigenvalue weighted by Gasteiger charge is 2.09. The molecule has 2 aromatic carbocycles.